The van der Waals surface area contributed by atoms with E-state index in [2.05, 4.69) is 34.1 Å². The van der Waals surface area contributed by atoms with Gasteiger partial charge in [0, 0.05) is 20.2 Å². The maximum absolute atomic E-state index is 12.7. The minimum atomic E-state index is -0.431. The highest BCUT2D eigenvalue weighted by Crippen LogP contribution is 2.36. The average Bonchev–Trinajstić information content (AvgIpc) is 2.78. The Morgan fingerprint density at radius 3 is 2.73 bits per heavy atom. The van der Waals surface area contributed by atoms with E-state index < -0.39 is 5.54 Å². The van der Waals surface area contributed by atoms with E-state index in [-0.39, 0.29) is 6.03 Å². The van der Waals surface area contributed by atoms with Crippen LogP contribution < -0.4 is 16.0 Å². The predicted octanol–water partition coefficient (Wildman–Crippen LogP) is 3.31. The molecule has 7 heteroatoms. The number of carbonyl (C=O) groups excluding carboxylic acids is 1. The van der Waals surface area contributed by atoms with Crippen LogP contribution in [0.2, 0.25) is 0 Å². The second-order valence-corrected chi connectivity index (χ2v) is 7.78. The Morgan fingerprint density at radius 2 is 1.93 bits per heavy atom. The third-order valence-electron chi connectivity index (χ3n) is 5.63. The van der Waals surface area contributed by atoms with Crippen LogP contribution in [0, 0.1) is 0 Å². The molecular weight excluding hydrogens is 378 g/mol. The van der Waals surface area contributed by atoms with Crippen LogP contribution >= 0.6 is 0 Å². The molecule has 2 amide bonds. The number of fused-ring (bicyclic) bond motifs is 1. The van der Waals surface area contributed by atoms with Gasteiger partial charge in [-0.05, 0) is 30.5 Å². The maximum atomic E-state index is 12.7. The van der Waals surface area contributed by atoms with Crippen LogP contribution in [0.4, 0.5) is 16.2 Å². The molecule has 0 aliphatic carbocycles. The molecule has 0 aromatic heterocycles. The van der Waals surface area contributed by atoms with Crippen LogP contribution in [-0.2, 0) is 11.3 Å². The van der Waals surface area contributed by atoms with Gasteiger partial charge in [-0.2, -0.15) is 0 Å². The molecule has 2 aromatic rings. The summed E-state index contributed by atoms with van der Waals surface area (Å²) in [4.78, 5) is 19.5. The number of carbonyl (C=O) groups is 1. The molecule has 30 heavy (non-hydrogen) atoms. The number of anilines is 2. The number of nitrogens with one attached hydrogen (secondary N) is 3. The van der Waals surface area contributed by atoms with E-state index in [9.17, 15) is 4.79 Å². The number of methoxy groups -OCH3 is 1. The Morgan fingerprint density at radius 1 is 1.17 bits per heavy atom. The molecule has 0 unspecified atom stereocenters. The van der Waals surface area contributed by atoms with Gasteiger partial charge in [0.15, 0.2) is 0 Å². The Balaban J connectivity index is 1.59. The predicted molar refractivity (Wildman–Crippen MR) is 120 cm³/mol. The van der Waals surface area contributed by atoms with E-state index in [4.69, 9.17) is 9.73 Å². The summed E-state index contributed by atoms with van der Waals surface area (Å²) in [6.07, 6.45) is 1.81. The highest BCUT2D eigenvalue weighted by molar-refractivity contribution is 6.10. The number of amides is 2. The quantitative estimate of drug-likeness (QED) is 0.665. The van der Waals surface area contributed by atoms with Gasteiger partial charge < -0.3 is 25.6 Å². The lowest BCUT2D eigenvalue weighted by molar-refractivity contribution is 0.164. The number of piperidine rings is 1. The lowest BCUT2D eigenvalue weighted by Crippen LogP contribution is -2.63. The van der Waals surface area contributed by atoms with Gasteiger partial charge in [0.05, 0.1) is 31.1 Å². The summed E-state index contributed by atoms with van der Waals surface area (Å²) in [5.74, 6) is 0.888. The number of hydrogen-bond donors (Lipinski definition) is 3. The number of benzene rings is 2. The summed E-state index contributed by atoms with van der Waals surface area (Å²) in [7, 11) is 1.63. The van der Waals surface area contributed by atoms with Crippen molar-refractivity contribution in [3.05, 3.63) is 60.2 Å². The van der Waals surface area contributed by atoms with Crippen LogP contribution in [-0.4, -0.2) is 55.7 Å². The molecule has 4 rings (SSSR count). The van der Waals surface area contributed by atoms with Crippen molar-refractivity contribution in [3.63, 3.8) is 0 Å². The van der Waals surface area contributed by atoms with E-state index in [0.717, 1.165) is 42.2 Å². The van der Waals surface area contributed by atoms with Gasteiger partial charge >= 0.3 is 6.03 Å². The first-order chi connectivity index (χ1) is 14.7. The second-order valence-electron chi connectivity index (χ2n) is 7.78. The molecule has 158 valence electrons. The van der Waals surface area contributed by atoms with E-state index in [1.807, 2.05) is 41.3 Å². The number of urea groups is 1. The van der Waals surface area contributed by atoms with Crippen LogP contribution in [0.3, 0.4) is 0 Å². The molecule has 1 fully saturated rings. The number of rotatable bonds is 5. The second kappa shape index (κ2) is 9.17. The number of hydrogen-bond acceptors (Lipinski definition) is 4. The lowest BCUT2D eigenvalue weighted by atomic mass is 9.85. The molecule has 2 heterocycles. The third kappa shape index (κ3) is 4.41. The highest BCUT2D eigenvalue weighted by atomic mass is 16.5. The number of likely N-dealkylation sites (tertiary alicyclic amines) is 1. The molecule has 0 radical (unpaired) electrons. The van der Waals surface area contributed by atoms with E-state index >= 15 is 0 Å². The Kier molecular flexibility index (Phi) is 6.18. The number of aliphatic imine (C=N–C) groups is 1. The van der Waals surface area contributed by atoms with Crippen molar-refractivity contribution < 1.29 is 9.53 Å². The van der Waals surface area contributed by atoms with Crippen molar-refractivity contribution in [2.24, 2.45) is 4.99 Å². The van der Waals surface area contributed by atoms with Gasteiger partial charge in [-0.1, -0.05) is 42.5 Å². The standard InChI is InChI=1S/C23H29N5O2/c1-30-15-13-24-22(29)28-14-7-12-23(17-28)21(25-16-18-8-3-2-4-9-18)26-19-10-5-6-11-20(19)27-23/h2-6,8-11,27H,7,12-17H2,1H3,(H,24,29)(H,25,26)/t23-/m0/s1. The molecule has 0 saturated carbocycles. The molecule has 1 saturated heterocycles. The fourth-order valence-corrected chi connectivity index (χ4v) is 4.11. The number of ether oxygens (including phenoxy) is 1. The Bertz CT molecular complexity index is 901. The van der Waals surface area contributed by atoms with Gasteiger partial charge in [-0.15, -0.1) is 0 Å². The topological polar surface area (TPSA) is 78.0 Å². The lowest BCUT2D eigenvalue weighted by Gasteiger charge is -2.47. The summed E-state index contributed by atoms with van der Waals surface area (Å²) < 4.78 is 5.04. The van der Waals surface area contributed by atoms with E-state index in [1.54, 1.807) is 7.11 Å². The molecule has 2 aromatic carbocycles. The smallest absolute Gasteiger partial charge is 0.317 e. The van der Waals surface area contributed by atoms with Crippen molar-refractivity contribution in [1.82, 2.24) is 10.2 Å². The van der Waals surface area contributed by atoms with Gasteiger partial charge in [0.1, 0.15) is 11.4 Å². The zero-order valence-corrected chi connectivity index (χ0v) is 17.4. The zero-order valence-electron chi connectivity index (χ0n) is 17.4. The van der Waals surface area contributed by atoms with E-state index in [1.165, 1.54) is 0 Å². The van der Waals surface area contributed by atoms with Crippen molar-refractivity contribution >= 4 is 23.2 Å². The molecule has 1 spiro atoms. The third-order valence-corrected chi connectivity index (χ3v) is 5.63. The first kappa shape index (κ1) is 20.2. The zero-order chi connectivity index (χ0) is 20.8. The molecular formula is C23H29N5O2. The van der Waals surface area contributed by atoms with Gasteiger partial charge in [-0.3, -0.25) is 4.99 Å². The molecule has 0 bridgehead atoms. The summed E-state index contributed by atoms with van der Waals surface area (Å²) >= 11 is 0. The van der Waals surface area contributed by atoms with Crippen molar-refractivity contribution in [3.8, 4) is 0 Å². The van der Waals surface area contributed by atoms with Gasteiger partial charge in [0.25, 0.3) is 0 Å². The monoisotopic (exact) mass is 407 g/mol. The summed E-state index contributed by atoms with van der Waals surface area (Å²) in [5.41, 5.74) is 2.78. The van der Waals surface area contributed by atoms with Crippen LogP contribution in [0.25, 0.3) is 0 Å². The van der Waals surface area contributed by atoms with Crippen LogP contribution in [0.1, 0.15) is 18.4 Å². The maximum Gasteiger partial charge on any atom is 0.317 e. The van der Waals surface area contributed by atoms with Crippen LogP contribution in [0.5, 0.6) is 0 Å². The number of nitrogens with zero attached hydrogens (tertiary/aromatic N) is 2. The summed E-state index contributed by atoms with van der Waals surface area (Å²) in [5, 5.41) is 10.2. The molecule has 1 atom stereocenters. The molecule has 2 aliphatic rings. The summed E-state index contributed by atoms with van der Waals surface area (Å²) in [6.45, 7) is 2.88. The first-order valence-corrected chi connectivity index (χ1v) is 10.4. The summed E-state index contributed by atoms with van der Waals surface area (Å²) in [6, 6.07) is 18.3. The molecule has 7 nitrogen and oxygen atoms in total. The Hall–Kier alpha value is -3.06. The van der Waals surface area contributed by atoms with E-state index in [0.29, 0.717) is 26.2 Å². The normalized spacial score (nSPS) is 21.6. The fourth-order valence-electron chi connectivity index (χ4n) is 4.11. The van der Waals surface area contributed by atoms with Crippen molar-refractivity contribution in [2.45, 2.75) is 24.9 Å². The largest absolute Gasteiger partial charge is 0.383 e. The fraction of sp³-hybridized carbons (Fsp3) is 0.391. The molecule has 2 aliphatic heterocycles. The Labute approximate surface area is 177 Å². The number of para-hydroxylation sites is 2. The number of amidine groups is 1. The molecule has 3 N–H and O–H groups in total. The minimum Gasteiger partial charge on any atom is -0.383 e. The first-order valence-electron chi connectivity index (χ1n) is 10.4. The van der Waals surface area contributed by atoms with Crippen molar-refractivity contribution in [2.75, 3.05) is 44.0 Å². The van der Waals surface area contributed by atoms with Crippen LogP contribution in [0.15, 0.2) is 59.6 Å². The van der Waals surface area contributed by atoms with Gasteiger partial charge in [-0.25, -0.2) is 4.79 Å². The van der Waals surface area contributed by atoms with Crippen molar-refractivity contribution in [1.29, 1.82) is 0 Å². The average molecular weight is 408 g/mol. The minimum absolute atomic E-state index is 0.0609. The highest BCUT2D eigenvalue weighted by Gasteiger charge is 2.44. The SMILES string of the molecule is COCCNC(=O)N1CCC[C@@]2(C1)Nc1ccccc1NC2=NCc1ccccc1. The van der Waals surface area contributed by atoms with Gasteiger partial charge in [0.2, 0.25) is 0 Å².